The van der Waals surface area contributed by atoms with Gasteiger partial charge in [-0.25, -0.2) is 4.39 Å². The molecule has 0 saturated heterocycles. The van der Waals surface area contributed by atoms with Crippen molar-refractivity contribution in [2.45, 2.75) is 13.0 Å². The minimum Gasteiger partial charge on any atom is -0.481 e. The maximum Gasteiger partial charge on any atom is 0.387 e. The Labute approximate surface area is 93.6 Å². The Kier molecular flexibility index (Phi) is 4.08. The van der Waals surface area contributed by atoms with E-state index in [-0.39, 0.29) is 11.8 Å². The number of alkyl halides is 2. The van der Waals surface area contributed by atoms with Crippen molar-refractivity contribution in [3.05, 3.63) is 29.1 Å². The second-order valence-electron chi connectivity index (χ2n) is 3.05. The molecule has 0 saturated carbocycles. The maximum absolute atomic E-state index is 13.0. The number of carboxylic acids is 1. The minimum absolute atomic E-state index is 0.117. The summed E-state index contributed by atoms with van der Waals surface area (Å²) in [6.45, 7) is -3.23. The number of benzene rings is 1. The van der Waals surface area contributed by atoms with Gasteiger partial charge >= 0.3 is 12.6 Å². The van der Waals surface area contributed by atoms with Crippen LogP contribution < -0.4 is 4.74 Å². The van der Waals surface area contributed by atoms with E-state index in [1.165, 1.54) is 0 Å². The van der Waals surface area contributed by atoms with Gasteiger partial charge in [0.2, 0.25) is 0 Å². The third-order valence-electron chi connectivity index (χ3n) is 1.83. The van der Waals surface area contributed by atoms with Crippen molar-refractivity contribution < 1.29 is 32.6 Å². The monoisotopic (exact) mass is 248 g/mol. The normalized spacial score (nSPS) is 10.4. The topological polar surface area (TPSA) is 63.6 Å². The highest BCUT2D eigenvalue weighted by atomic mass is 19.3. The molecule has 0 bridgehead atoms. The van der Waals surface area contributed by atoms with Crippen molar-refractivity contribution >= 4 is 12.3 Å². The first-order chi connectivity index (χ1) is 7.93. The molecular formula is C10H7F3O4. The molecule has 0 aliphatic carbocycles. The number of rotatable bonds is 5. The minimum atomic E-state index is -3.23. The molecule has 92 valence electrons. The van der Waals surface area contributed by atoms with E-state index in [0.717, 1.165) is 6.07 Å². The Morgan fingerprint density at radius 1 is 1.47 bits per heavy atom. The summed E-state index contributed by atoms with van der Waals surface area (Å²) < 4.78 is 41.2. The molecule has 0 amide bonds. The van der Waals surface area contributed by atoms with Crippen molar-refractivity contribution in [1.29, 1.82) is 0 Å². The number of hydrogen-bond donors (Lipinski definition) is 1. The summed E-state index contributed by atoms with van der Waals surface area (Å²) >= 11 is 0. The molecule has 1 N–H and O–H groups in total. The van der Waals surface area contributed by atoms with E-state index < -0.39 is 36.1 Å². The number of carboxylic acid groups (broad SMARTS) is 1. The van der Waals surface area contributed by atoms with Gasteiger partial charge in [-0.3, -0.25) is 9.59 Å². The fourth-order valence-electron chi connectivity index (χ4n) is 1.29. The van der Waals surface area contributed by atoms with Crippen molar-refractivity contribution in [2.24, 2.45) is 0 Å². The van der Waals surface area contributed by atoms with Gasteiger partial charge in [0.15, 0.2) is 6.29 Å². The second kappa shape index (κ2) is 5.33. The van der Waals surface area contributed by atoms with Crippen LogP contribution in [0.5, 0.6) is 5.75 Å². The molecule has 0 radical (unpaired) electrons. The maximum atomic E-state index is 13.0. The summed E-state index contributed by atoms with van der Waals surface area (Å²) in [7, 11) is 0. The number of aliphatic carboxylic acids is 1. The molecule has 0 atom stereocenters. The quantitative estimate of drug-likeness (QED) is 0.808. The Hall–Kier alpha value is -2.05. The Morgan fingerprint density at radius 3 is 2.59 bits per heavy atom. The average molecular weight is 248 g/mol. The Bertz CT molecular complexity index is 445. The van der Waals surface area contributed by atoms with Crippen molar-refractivity contribution in [3.63, 3.8) is 0 Å². The summed E-state index contributed by atoms with van der Waals surface area (Å²) in [6.07, 6.45) is -0.604. The van der Waals surface area contributed by atoms with Crippen LogP contribution in [0.25, 0.3) is 0 Å². The summed E-state index contributed by atoms with van der Waals surface area (Å²) in [6, 6.07) is 1.43. The second-order valence-corrected chi connectivity index (χ2v) is 3.05. The van der Waals surface area contributed by atoms with Gasteiger partial charge in [0.25, 0.3) is 0 Å². The van der Waals surface area contributed by atoms with Crippen LogP contribution in [0.15, 0.2) is 12.1 Å². The Morgan fingerprint density at radius 2 is 2.12 bits per heavy atom. The highest BCUT2D eigenvalue weighted by Crippen LogP contribution is 2.26. The molecule has 0 aromatic heterocycles. The van der Waals surface area contributed by atoms with Crippen LogP contribution in [0, 0.1) is 5.82 Å². The van der Waals surface area contributed by atoms with Crippen LogP contribution in [0.1, 0.15) is 15.9 Å². The van der Waals surface area contributed by atoms with Crippen LogP contribution in [-0.4, -0.2) is 24.0 Å². The molecule has 7 heteroatoms. The number of halogens is 3. The lowest BCUT2D eigenvalue weighted by atomic mass is 10.1. The van der Waals surface area contributed by atoms with E-state index in [2.05, 4.69) is 4.74 Å². The van der Waals surface area contributed by atoms with Gasteiger partial charge < -0.3 is 9.84 Å². The average Bonchev–Trinajstić information content (AvgIpc) is 2.20. The van der Waals surface area contributed by atoms with Crippen LogP contribution in [0.4, 0.5) is 13.2 Å². The van der Waals surface area contributed by atoms with Crippen LogP contribution >= 0.6 is 0 Å². The van der Waals surface area contributed by atoms with Gasteiger partial charge in [0.05, 0.1) is 12.0 Å². The molecule has 1 aromatic rings. The first-order valence-electron chi connectivity index (χ1n) is 4.38. The lowest BCUT2D eigenvalue weighted by molar-refractivity contribution is -0.136. The molecule has 17 heavy (non-hydrogen) atoms. The van der Waals surface area contributed by atoms with Crippen molar-refractivity contribution in [3.8, 4) is 5.75 Å². The van der Waals surface area contributed by atoms with Gasteiger partial charge in [-0.2, -0.15) is 8.78 Å². The zero-order chi connectivity index (χ0) is 13.0. The van der Waals surface area contributed by atoms with Crippen molar-refractivity contribution in [2.75, 3.05) is 0 Å². The highest BCUT2D eigenvalue weighted by molar-refractivity contribution is 5.82. The molecule has 0 aliphatic rings. The molecule has 4 nitrogen and oxygen atoms in total. The van der Waals surface area contributed by atoms with E-state index in [4.69, 9.17) is 5.11 Å². The molecule has 1 aromatic carbocycles. The predicted molar refractivity (Wildman–Crippen MR) is 49.8 cm³/mol. The first-order valence-corrected chi connectivity index (χ1v) is 4.38. The van der Waals surface area contributed by atoms with Gasteiger partial charge in [0, 0.05) is 5.56 Å². The number of ether oxygens (including phenoxy) is 1. The van der Waals surface area contributed by atoms with Crippen LogP contribution in [0.2, 0.25) is 0 Å². The summed E-state index contributed by atoms with van der Waals surface area (Å²) in [4.78, 5) is 21.0. The zero-order valence-corrected chi connectivity index (χ0v) is 8.32. The lowest BCUT2D eigenvalue weighted by Crippen LogP contribution is -2.10. The largest absolute Gasteiger partial charge is 0.481 e. The van der Waals surface area contributed by atoms with E-state index in [1.54, 1.807) is 0 Å². The van der Waals surface area contributed by atoms with E-state index in [1.807, 2.05) is 0 Å². The van der Waals surface area contributed by atoms with Gasteiger partial charge in [-0.1, -0.05) is 0 Å². The van der Waals surface area contributed by atoms with Crippen LogP contribution in [-0.2, 0) is 11.2 Å². The summed E-state index contributed by atoms with van der Waals surface area (Å²) in [5.74, 6) is -2.87. The molecule has 0 heterocycles. The number of aldehydes is 1. The molecule has 0 aliphatic heterocycles. The fraction of sp³-hybridized carbons (Fsp3) is 0.200. The highest BCUT2D eigenvalue weighted by Gasteiger charge is 2.18. The zero-order valence-electron chi connectivity index (χ0n) is 8.32. The molecule has 0 spiro atoms. The smallest absolute Gasteiger partial charge is 0.387 e. The Balaban J connectivity index is 3.27. The lowest BCUT2D eigenvalue weighted by Gasteiger charge is -2.11. The van der Waals surface area contributed by atoms with E-state index >= 15 is 0 Å². The molecule has 0 fully saturated rings. The van der Waals surface area contributed by atoms with Gasteiger partial charge in [-0.15, -0.1) is 0 Å². The number of carbonyl (C=O) groups excluding carboxylic acids is 1. The SMILES string of the molecule is O=Cc1cc(F)cc(CC(=O)O)c1OC(F)F. The van der Waals surface area contributed by atoms with Gasteiger partial charge in [0.1, 0.15) is 11.6 Å². The van der Waals surface area contributed by atoms with Crippen molar-refractivity contribution in [1.82, 2.24) is 0 Å². The van der Waals surface area contributed by atoms with E-state index in [9.17, 15) is 22.8 Å². The number of carbonyl (C=O) groups is 2. The summed E-state index contributed by atoms with van der Waals surface area (Å²) in [5, 5.41) is 8.53. The molecule has 0 unspecified atom stereocenters. The fourth-order valence-corrected chi connectivity index (χ4v) is 1.29. The standard InChI is InChI=1S/C10H7F3O4/c11-7-1-5(3-8(15)16)9(17-10(12)13)6(2-7)4-14/h1-2,4,10H,3H2,(H,15,16). The summed E-state index contributed by atoms with van der Waals surface area (Å²) in [5.41, 5.74) is -0.776. The molecular weight excluding hydrogens is 241 g/mol. The molecule has 1 rings (SSSR count). The van der Waals surface area contributed by atoms with Gasteiger partial charge in [-0.05, 0) is 12.1 Å². The van der Waals surface area contributed by atoms with E-state index in [0.29, 0.717) is 6.07 Å². The third-order valence-corrected chi connectivity index (χ3v) is 1.83. The third kappa shape index (κ3) is 3.47. The van der Waals surface area contributed by atoms with Crippen LogP contribution in [0.3, 0.4) is 0 Å². The predicted octanol–water partition coefficient (Wildman–Crippen LogP) is 1.87. The first kappa shape index (κ1) is 13.0. The number of hydrogen-bond acceptors (Lipinski definition) is 3.